The van der Waals surface area contributed by atoms with Crippen molar-refractivity contribution in [3.05, 3.63) is 101 Å². The molecule has 3 rings (SSSR count). The van der Waals surface area contributed by atoms with Gasteiger partial charge in [0, 0.05) is 11.1 Å². The number of hydrazone groups is 1. The number of halogens is 4. The van der Waals surface area contributed by atoms with Crippen LogP contribution in [-0.4, -0.2) is 12.1 Å². The zero-order valence-corrected chi connectivity index (χ0v) is 15.5. The Kier molecular flexibility index (Phi) is 6.46. The second-order valence-electron chi connectivity index (χ2n) is 6.23. The van der Waals surface area contributed by atoms with E-state index in [0.717, 1.165) is 18.2 Å². The number of carbonyl (C=O) groups is 1. The normalized spacial score (nSPS) is 11.5. The number of benzene rings is 3. The Morgan fingerprint density at radius 2 is 1.77 bits per heavy atom. The lowest BCUT2D eigenvalue weighted by Gasteiger charge is -2.09. The fourth-order valence-corrected chi connectivity index (χ4v) is 2.57. The van der Waals surface area contributed by atoms with Crippen LogP contribution in [0.3, 0.4) is 0 Å². The van der Waals surface area contributed by atoms with Gasteiger partial charge in [0.15, 0.2) is 0 Å². The molecular weight excluding hydrogens is 400 g/mol. The molecule has 8 heteroatoms. The molecule has 0 radical (unpaired) electrons. The quantitative estimate of drug-likeness (QED) is 0.342. The summed E-state index contributed by atoms with van der Waals surface area (Å²) in [5, 5.41) is 3.79. The fourth-order valence-electron chi connectivity index (χ4n) is 2.57. The third kappa shape index (κ3) is 5.66. The molecule has 3 aromatic rings. The molecule has 0 aliphatic carbocycles. The lowest BCUT2D eigenvalue weighted by atomic mass is 10.1. The molecule has 1 amide bonds. The Labute approximate surface area is 169 Å². The maximum absolute atomic E-state index is 13.3. The van der Waals surface area contributed by atoms with Crippen molar-refractivity contribution in [3.63, 3.8) is 0 Å². The van der Waals surface area contributed by atoms with Crippen LogP contribution in [0.15, 0.2) is 77.9 Å². The summed E-state index contributed by atoms with van der Waals surface area (Å²) in [5.41, 5.74) is 2.27. The molecule has 0 unspecified atom stereocenters. The van der Waals surface area contributed by atoms with Crippen LogP contribution in [0, 0.1) is 5.82 Å². The van der Waals surface area contributed by atoms with Crippen molar-refractivity contribution in [1.29, 1.82) is 0 Å². The van der Waals surface area contributed by atoms with Crippen molar-refractivity contribution < 1.29 is 27.1 Å². The van der Waals surface area contributed by atoms with Crippen LogP contribution in [0.1, 0.15) is 27.0 Å². The molecule has 0 saturated heterocycles. The highest BCUT2D eigenvalue weighted by molar-refractivity contribution is 5.95. The zero-order chi connectivity index (χ0) is 21.6. The van der Waals surface area contributed by atoms with Gasteiger partial charge in [-0.25, -0.2) is 9.82 Å². The molecule has 0 aliphatic rings. The van der Waals surface area contributed by atoms with E-state index in [1.807, 2.05) is 0 Å². The largest absolute Gasteiger partial charge is 0.488 e. The molecule has 0 heterocycles. The van der Waals surface area contributed by atoms with E-state index >= 15 is 0 Å². The van der Waals surface area contributed by atoms with E-state index in [-0.39, 0.29) is 18.0 Å². The Bertz CT molecular complexity index is 1060. The summed E-state index contributed by atoms with van der Waals surface area (Å²) < 4.78 is 57.3. The number of nitrogens with zero attached hydrogens (tertiary/aromatic N) is 1. The van der Waals surface area contributed by atoms with Crippen molar-refractivity contribution >= 4 is 12.1 Å². The monoisotopic (exact) mass is 416 g/mol. The predicted octanol–water partition coefficient (Wildman–Crippen LogP) is 5.19. The number of para-hydroxylation sites is 1. The van der Waals surface area contributed by atoms with Crippen molar-refractivity contribution in [3.8, 4) is 5.75 Å². The van der Waals surface area contributed by atoms with Gasteiger partial charge < -0.3 is 4.74 Å². The van der Waals surface area contributed by atoms with Crippen LogP contribution in [0.4, 0.5) is 17.6 Å². The second kappa shape index (κ2) is 9.21. The molecule has 0 aliphatic heterocycles. The van der Waals surface area contributed by atoms with Gasteiger partial charge >= 0.3 is 6.18 Å². The van der Waals surface area contributed by atoms with Crippen molar-refractivity contribution in [1.82, 2.24) is 5.43 Å². The summed E-state index contributed by atoms with van der Waals surface area (Å²) in [6.07, 6.45) is -3.23. The first-order valence-corrected chi connectivity index (χ1v) is 8.80. The minimum atomic E-state index is -4.54. The molecule has 1 N–H and O–H groups in total. The molecule has 3 aromatic carbocycles. The maximum Gasteiger partial charge on any atom is 0.416 e. The molecule has 0 spiro atoms. The van der Waals surface area contributed by atoms with Gasteiger partial charge in [0.2, 0.25) is 0 Å². The van der Waals surface area contributed by atoms with Gasteiger partial charge in [0.05, 0.1) is 11.8 Å². The lowest BCUT2D eigenvalue weighted by molar-refractivity contribution is -0.137. The minimum Gasteiger partial charge on any atom is -0.488 e. The van der Waals surface area contributed by atoms with E-state index in [0.29, 0.717) is 16.9 Å². The Morgan fingerprint density at radius 3 is 2.53 bits per heavy atom. The number of hydrogen-bond donors (Lipinski definition) is 1. The molecule has 4 nitrogen and oxygen atoms in total. The van der Waals surface area contributed by atoms with E-state index in [1.54, 1.807) is 36.4 Å². The third-order valence-electron chi connectivity index (χ3n) is 4.02. The second-order valence-corrected chi connectivity index (χ2v) is 6.23. The average Bonchev–Trinajstić information content (AvgIpc) is 2.72. The maximum atomic E-state index is 13.3. The highest BCUT2D eigenvalue weighted by Gasteiger charge is 2.30. The smallest absolute Gasteiger partial charge is 0.416 e. The Morgan fingerprint density at radius 1 is 1.00 bits per heavy atom. The van der Waals surface area contributed by atoms with E-state index in [1.165, 1.54) is 24.4 Å². The van der Waals surface area contributed by atoms with Gasteiger partial charge in [0.25, 0.3) is 5.91 Å². The molecule has 0 saturated carbocycles. The average molecular weight is 416 g/mol. The highest BCUT2D eigenvalue weighted by atomic mass is 19.4. The van der Waals surface area contributed by atoms with E-state index in [2.05, 4.69) is 10.5 Å². The number of hydrogen-bond acceptors (Lipinski definition) is 3. The van der Waals surface area contributed by atoms with Gasteiger partial charge in [-0.2, -0.15) is 18.3 Å². The van der Waals surface area contributed by atoms with Crippen LogP contribution in [0.5, 0.6) is 5.75 Å². The Hall–Kier alpha value is -3.68. The summed E-state index contributed by atoms with van der Waals surface area (Å²) in [6.45, 7) is 0.124. The first-order valence-electron chi connectivity index (χ1n) is 8.80. The van der Waals surface area contributed by atoms with Gasteiger partial charge in [-0.3, -0.25) is 4.79 Å². The molecule has 0 bridgehead atoms. The van der Waals surface area contributed by atoms with Gasteiger partial charge in [-0.15, -0.1) is 0 Å². The van der Waals surface area contributed by atoms with E-state index < -0.39 is 17.6 Å². The van der Waals surface area contributed by atoms with Gasteiger partial charge in [-0.1, -0.05) is 30.3 Å². The first-order chi connectivity index (χ1) is 14.3. The molecule has 30 heavy (non-hydrogen) atoms. The first kappa shape index (κ1) is 21.0. The number of alkyl halides is 3. The van der Waals surface area contributed by atoms with Crippen LogP contribution >= 0.6 is 0 Å². The molecule has 0 atom stereocenters. The highest BCUT2D eigenvalue weighted by Crippen LogP contribution is 2.29. The summed E-state index contributed by atoms with van der Waals surface area (Å²) in [5.74, 6) is -0.711. The number of amides is 1. The van der Waals surface area contributed by atoms with Crippen LogP contribution in [0.2, 0.25) is 0 Å². The van der Waals surface area contributed by atoms with Crippen LogP contribution < -0.4 is 10.2 Å². The summed E-state index contributed by atoms with van der Waals surface area (Å²) in [6, 6.07) is 16.8. The molecular formula is C22H16F4N2O2. The van der Waals surface area contributed by atoms with Crippen molar-refractivity contribution in [2.45, 2.75) is 12.8 Å². The standard InChI is InChI=1S/C22H16F4N2O2/c23-19-9-3-5-15(11-19)14-30-20-10-2-1-6-17(20)13-27-28-21(29)16-7-4-8-18(12-16)22(24,25)26/h1-13H,14H2,(H,28,29)/b27-13-. The third-order valence-corrected chi connectivity index (χ3v) is 4.02. The Balaban J connectivity index is 1.66. The number of rotatable bonds is 6. The summed E-state index contributed by atoms with van der Waals surface area (Å²) in [7, 11) is 0. The summed E-state index contributed by atoms with van der Waals surface area (Å²) >= 11 is 0. The molecule has 0 fully saturated rings. The molecule has 154 valence electrons. The zero-order valence-electron chi connectivity index (χ0n) is 15.5. The lowest BCUT2D eigenvalue weighted by Crippen LogP contribution is -2.18. The minimum absolute atomic E-state index is 0.124. The number of ether oxygens (including phenoxy) is 1. The van der Waals surface area contributed by atoms with E-state index in [9.17, 15) is 22.4 Å². The number of nitrogens with one attached hydrogen (secondary N) is 1. The predicted molar refractivity (Wildman–Crippen MR) is 104 cm³/mol. The molecule has 0 aromatic heterocycles. The van der Waals surface area contributed by atoms with Crippen molar-refractivity contribution in [2.75, 3.05) is 0 Å². The topological polar surface area (TPSA) is 50.7 Å². The van der Waals surface area contributed by atoms with Gasteiger partial charge in [-0.05, 0) is 48.0 Å². The van der Waals surface area contributed by atoms with Crippen LogP contribution in [0.25, 0.3) is 0 Å². The number of carbonyl (C=O) groups excluding carboxylic acids is 1. The fraction of sp³-hybridized carbons (Fsp3) is 0.0909. The SMILES string of the molecule is O=C(N/N=C\c1ccccc1OCc1cccc(F)c1)c1cccc(C(F)(F)F)c1. The van der Waals surface area contributed by atoms with Gasteiger partial charge in [0.1, 0.15) is 18.2 Å². The van der Waals surface area contributed by atoms with E-state index in [4.69, 9.17) is 4.74 Å². The van der Waals surface area contributed by atoms with Crippen molar-refractivity contribution in [2.24, 2.45) is 5.10 Å². The summed E-state index contributed by atoms with van der Waals surface area (Å²) in [4.78, 5) is 12.1. The van der Waals surface area contributed by atoms with Crippen LogP contribution in [-0.2, 0) is 12.8 Å².